The molecule has 2 heteroatoms. The molecule has 0 aliphatic carbocycles. The number of aromatic amines is 1. The lowest BCUT2D eigenvalue weighted by Crippen LogP contribution is -1.84. The van der Waals surface area contributed by atoms with Gasteiger partial charge in [0.1, 0.15) is 0 Å². The molecule has 48 valence electrons. The molecule has 0 radical (unpaired) electrons. The smallest absolute Gasteiger partial charge is 0.0268 e. The summed E-state index contributed by atoms with van der Waals surface area (Å²) in [5.74, 6) is 0. The van der Waals surface area contributed by atoms with Crippen LogP contribution in [0.4, 0.5) is 0 Å². The molecule has 0 bridgehead atoms. The van der Waals surface area contributed by atoms with Crippen molar-refractivity contribution in [3.05, 3.63) is 23.5 Å². The first-order chi connectivity index (χ1) is 4.38. The molecule has 1 rings (SSSR count). The fourth-order valence-corrected chi connectivity index (χ4v) is 0.857. The van der Waals surface area contributed by atoms with E-state index in [0.29, 0.717) is 0 Å². The Morgan fingerprint density at radius 1 is 1.78 bits per heavy atom. The molecule has 0 aliphatic heterocycles. The standard InChI is InChI=1S/C7H10N2/c1-2-7-6(5-8)3-4-9-7/h3-5,8-9H,2H2,1H3. The Hall–Kier alpha value is -1.05. The van der Waals surface area contributed by atoms with Crippen LogP contribution in [0, 0.1) is 5.41 Å². The van der Waals surface area contributed by atoms with E-state index in [4.69, 9.17) is 5.41 Å². The highest BCUT2D eigenvalue weighted by molar-refractivity contribution is 5.78. The van der Waals surface area contributed by atoms with Crippen molar-refractivity contribution in [1.82, 2.24) is 4.98 Å². The summed E-state index contributed by atoms with van der Waals surface area (Å²) in [7, 11) is 0. The van der Waals surface area contributed by atoms with Gasteiger partial charge in [-0.15, -0.1) is 0 Å². The molecule has 2 nitrogen and oxygen atoms in total. The maximum atomic E-state index is 6.96. The highest BCUT2D eigenvalue weighted by Gasteiger charge is 1.94. The van der Waals surface area contributed by atoms with Crippen molar-refractivity contribution in [2.24, 2.45) is 0 Å². The number of nitrogens with one attached hydrogen (secondary N) is 2. The SMILES string of the molecule is CCc1[nH]ccc1C=N. The summed E-state index contributed by atoms with van der Waals surface area (Å²) < 4.78 is 0. The third-order valence-electron chi connectivity index (χ3n) is 1.38. The summed E-state index contributed by atoms with van der Waals surface area (Å²) in [6, 6.07) is 1.91. The number of aryl methyl sites for hydroxylation is 1. The van der Waals surface area contributed by atoms with E-state index in [1.165, 1.54) is 6.21 Å². The minimum Gasteiger partial charge on any atom is -0.364 e. The quantitative estimate of drug-likeness (QED) is 0.559. The van der Waals surface area contributed by atoms with Gasteiger partial charge in [0.25, 0.3) is 0 Å². The molecule has 0 saturated carbocycles. The Balaban J connectivity index is 2.98. The average Bonchev–Trinajstić information content (AvgIpc) is 2.33. The van der Waals surface area contributed by atoms with Gasteiger partial charge in [0.2, 0.25) is 0 Å². The van der Waals surface area contributed by atoms with Crippen molar-refractivity contribution in [2.75, 3.05) is 0 Å². The Kier molecular flexibility index (Phi) is 1.68. The lowest BCUT2D eigenvalue weighted by molar-refractivity contribution is 1.06. The molecule has 2 N–H and O–H groups in total. The summed E-state index contributed by atoms with van der Waals surface area (Å²) in [6.07, 6.45) is 4.20. The van der Waals surface area contributed by atoms with Crippen LogP contribution in [0.3, 0.4) is 0 Å². The van der Waals surface area contributed by atoms with E-state index >= 15 is 0 Å². The summed E-state index contributed by atoms with van der Waals surface area (Å²) >= 11 is 0. The van der Waals surface area contributed by atoms with E-state index in [0.717, 1.165) is 17.7 Å². The molecule has 0 atom stereocenters. The van der Waals surface area contributed by atoms with E-state index < -0.39 is 0 Å². The largest absolute Gasteiger partial charge is 0.364 e. The fraction of sp³-hybridized carbons (Fsp3) is 0.286. The van der Waals surface area contributed by atoms with Crippen LogP contribution < -0.4 is 0 Å². The number of hydrogen-bond acceptors (Lipinski definition) is 1. The zero-order valence-corrected chi connectivity index (χ0v) is 5.44. The van der Waals surface area contributed by atoms with Crippen molar-refractivity contribution in [3.8, 4) is 0 Å². The molecule has 0 spiro atoms. The van der Waals surface area contributed by atoms with Gasteiger partial charge in [-0.2, -0.15) is 0 Å². The van der Waals surface area contributed by atoms with Crippen molar-refractivity contribution in [1.29, 1.82) is 5.41 Å². The van der Waals surface area contributed by atoms with E-state index in [9.17, 15) is 0 Å². The van der Waals surface area contributed by atoms with Crippen LogP contribution in [0.1, 0.15) is 18.2 Å². The van der Waals surface area contributed by atoms with Crippen LogP contribution >= 0.6 is 0 Å². The molecule has 9 heavy (non-hydrogen) atoms. The summed E-state index contributed by atoms with van der Waals surface area (Å²) in [6.45, 7) is 2.07. The third-order valence-corrected chi connectivity index (χ3v) is 1.38. The average molecular weight is 122 g/mol. The van der Waals surface area contributed by atoms with Gasteiger partial charge in [-0.05, 0) is 12.5 Å². The summed E-state index contributed by atoms with van der Waals surface area (Å²) in [5, 5.41) is 6.96. The van der Waals surface area contributed by atoms with Gasteiger partial charge < -0.3 is 10.4 Å². The highest BCUT2D eigenvalue weighted by Crippen LogP contribution is 2.02. The predicted molar refractivity (Wildman–Crippen MR) is 38.1 cm³/mol. The molecule has 0 amide bonds. The topological polar surface area (TPSA) is 39.6 Å². The second kappa shape index (κ2) is 2.49. The maximum absolute atomic E-state index is 6.96. The zero-order chi connectivity index (χ0) is 6.69. The molecular weight excluding hydrogens is 112 g/mol. The Bertz CT molecular complexity index is 200. The molecule has 0 aromatic carbocycles. The minimum absolute atomic E-state index is 0.970. The third kappa shape index (κ3) is 1.02. The van der Waals surface area contributed by atoms with Crippen molar-refractivity contribution in [3.63, 3.8) is 0 Å². The van der Waals surface area contributed by atoms with Crippen LogP contribution in [0.25, 0.3) is 0 Å². The van der Waals surface area contributed by atoms with E-state index in [-0.39, 0.29) is 0 Å². The van der Waals surface area contributed by atoms with Gasteiger partial charge in [-0.25, -0.2) is 0 Å². The van der Waals surface area contributed by atoms with Gasteiger partial charge in [-0.3, -0.25) is 0 Å². The summed E-state index contributed by atoms with van der Waals surface area (Å²) in [5.41, 5.74) is 2.14. The predicted octanol–water partition coefficient (Wildman–Crippen LogP) is 1.57. The highest BCUT2D eigenvalue weighted by atomic mass is 14.7. The molecule has 0 saturated heterocycles. The van der Waals surface area contributed by atoms with E-state index in [1.807, 2.05) is 12.3 Å². The monoisotopic (exact) mass is 122 g/mol. The Morgan fingerprint density at radius 2 is 2.56 bits per heavy atom. The second-order valence-electron chi connectivity index (χ2n) is 1.91. The maximum Gasteiger partial charge on any atom is 0.0268 e. The molecule has 1 aromatic heterocycles. The number of aromatic nitrogens is 1. The lowest BCUT2D eigenvalue weighted by atomic mass is 10.2. The number of hydrogen-bond donors (Lipinski definition) is 2. The molecule has 0 aliphatic rings. The van der Waals surface area contributed by atoms with Crippen LogP contribution in [0.5, 0.6) is 0 Å². The van der Waals surface area contributed by atoms with Crippen molar-refractivity contribution < 1.29 is 0 Å². The second-order valence-corrected chi connectivity index (χ2v) is 1.91. The van der Waals surface area contributed by atoms with Crippen molar-refractivity contribution >= 4 is 6.21 Å². The van der Waals surface area contributed by atoms with Gasteiger partial charge >= 0.3 is 0 Å². The Labute approximate surface area is 54.4 Å². The van der Waals surface area contributed by atoms with Gasteiger partial charge in [-0.1, -0.05) is 6.92 Å². The zero-order valence-electron chi connectivity index (χ0n) is 5.44. The molecule has 1 aromatic rings. The minimum atomic E-state index is 0.970. The van der Waals surface area contributed by atoms with Gasteiger partial charge in [0.15, 0.2) is 0 Å². The van der Waals surface area contributed by atoms with Crippen LogP contribution in [-0.2, 0) is 6.42 Å². The molecular formula is C7H10N2. The number of rotatable bonds is 2. The van der Waals surface area contributed by atoms with Gasteiger partial charge in [0.05, 0.1) is 0 Å². The van der Waals surface area contributed by atoms with Crippen molar-refractivity contribution in [2.45, 2.75) is 13.3 Å². The number of H-pyrrole nitrogens is 1. The van der Waals surface area contributed by atoms with Crippen LogP contribution in [-0.4, -0.2) is 11.2 Å². The Morgan fingerprint density at radius 3 is 3.00 bits per heavy atom. The fourth-order valence-electron chi connectivity index (χ4n) is 0.857. The summed E-state index contributed by atoms with van der Waals surface area (Å²) in [4.78, 5) is 3.06. The first kappa shape index (κ1) is 6.08. The molecule has 1 heterocycles. The van der Waals surface area contributed by atoms with E-state index in [2.05, 4.69) is 11.9 Å². The van der Waals surface area contributed by atoms with E-state index in [1.54, 1.807) is 0 Å². The first-order valence-corrected chi connectivity index (χ1v) is 3.05. The lowest BCUT2D eigenvalue weighted by Gasteiger charge is -1.89. The van der Waals surface area contributed by atoms with Crippen LogP contribution in [0.15, 0.2) is 12.3 Å². The van der Waals surface area contributed by atoms with Crippen LogP contribution in [0.2, 0.25) is 0 Å². The molecule has 0 unspecified atom stereocenters. The normalized spacial score (nSPS) is 9.44. The first-order valence-electron chi connectivity index (χ1n) is 3.05. The molecule has 0 fully saturated rings. The van der Waals surface area contributed by atoms with Gasteiger partial charge in [0, 0.05) is 23.7 Å².